The zero-order valence-electron chi connectivity index (χ0n) is 11.2. The van der Waals surface area contributed by atoms with Gasteiger partial charge in [-0.15, -0.1) is 0 Å². The molecule has 0 aromatic carbocycles. The third-order valence-corrected chi connectivity index (χ3v) is 3.57. The SMILES string of the molecule is Cc1cc(C)nc(-n2nc3c(c2C)CCCC3)n1. The molecule has 1 aliphatic rings. The van der Waals surface area contributed by atoms with E-state index in [0.717, 1.165) is 24.2 Å². The highest BCUT2D eigenvalue weighted by molar-refractivity contribution is 5.32. The van der Waals surface area contributed by atoms with Crippen molar-refractivity contribution in [2.24, 2.45) is 0 Å². The van der Waals surface area contributed by atoms with Crippen LogP contribution in [-0.4, -0.2) is 19.7 Å². The molecule has 4 nitrogen and oxygen atoms in total. The smallest absolute Gasteiger partial charge is 0.216 e. The van der Waals surface area contributed by atoms with Gasteiger partial charge in [0, 0.05) is 17.1 Å². The predicted molar refractivity (Wildman–Crippen MR) is 70.0 cm³/mol. The lowest BCUT2D eigenvalue weighted by molar-refractivity contribution is 0.668. The van der Waals surface area contributed by atoms with E-state index in [1.165, 1.54) is 29.8 Å². The maximum Gasteiger partial charge on any atom is 0.251 e. The number of nitrogens with zero attached hydrogens (tertiary/aromatic N) is 4. The number of aromatic nitrogens is 4. The number of fused-ring (bicyclic) bond motifs is 1. The summed E-state index contributed by atoms with van der Waals surface area (Å²) in [4.78, 5) is 9.00. The Morgan fingerprint density at radius 1 is 1.00 bits per heavy atom. The topological polar surface area (TPSA) is 43.6 Å². The second-order valence-corrected chi connectivity index (χ2v) is 5.08. The molecular weight excluding hydrogens is 224 g/mol. The van der Waals surface area contributed by atoms with Gasteiger partial charge in [0.15, 0.2) is 0 Å². The Balaban J connectivity index is 2.14. The van der Waals surface area contributed by atoms with E-state index in [1.54, 1.807) is 0 Å². The fourth-order valence-electron chi connectivity index (χ4n) is 2.71. The molecule has 0 aliphatic heterocycles. The maximum absolute atomic E-state index is 4.69. The summed E-state index contributed by atoms with van der Waals surface area (Å²) in [7, 11) is 0. The molecule has 0 saturated carbocycles. The van der Waals surface area contributed by atoms with E-state index in [9.17, 15) is 0 Å². The van der Waals surface area contributed by atoms with Crippen molar-refractivity contribution < 1.29 is 0 Å². The van der Waals surface area contributed by atoms with Crippen LogP contribution in [0.5, 0.6) is 0 Å². The van der Waals surface area contributed by atoms with Crippen LogP contribution >= 0.6 is 0 Å². The molecule has 4 heteroatoms. The number of rotatable bonds is 1. The number of aryl methyl sites for hydroxylation is 3. The van der Waals surface area contributed by atoms with Crippen LogP contribution < -0.4 is 0 Å². The molecule has 0 amide bonds. The molecule has 18 heavy (non-hydrogen) atoms. The average molecular weight is 242 g/mol. The summed E-state index contributed by atoms with van der Waals surface area (Å²) in [5.74, 6) is 0.708. The Kier molecular flexibility index (Phi) is 2.65. The molecule has 0 unspecified atom stereocenters. The molecule has 2 aromatic rings. The Morgan fingerprint density at radius 3 is 2.33 bits per heavy atom. The first-order valence-corrected chi connectivity index (χ1v) is 6.55. The van der Waals surface area contributed by atoms with Gasteiger partial charge >= 0.3 is 0 Å². The Hall–Kier alpha value is -1.71. The highest BCUT2D eigenvalue weighted by Crippen LogP contribution is 2.24. The van der Waals surface area contributed by atoms with Crippen molar-refractivity contribution in [1.29, 1.82) is 0 Å². The zero-order chi connectivity index (χ0) is 12.7. The normalized spacial score (nSPS) is 14.6. The summed E-state index contributed by atoms with van der Waals surface area (Å²) in [6.07, 6.45) is 4.75. The van der Waals surface area contributed by atoms with E-state index in [2.05, 4.69) is 16.9 Å². The van der Waals surface area contributed by atoms with Crippen LogP contribution in [0.15, 0.2) is 6.07 Å². The van der Waals surface area contributed by atoms with Gasteiger partial charge in [-0.05, 0) is 58.1 Å². The molecule has 1 aliphatic carbocycles. The van der Waals surface area contributed by atoms with Gasteiger partial charge < -0.3 is 0 Å². The van der Waals surface area contributed by atoms with Crippen LogP contribution in [0, 0.1) is 20.8 Å². The van der Waals surface area contributed by atoms with Crippen molar-refractivity contribution >= 4 is 0 Å². The minimum atomic E-state index is 0.708. The van der Waals surface area contributed by atoms with E-state index >= 15 is 0 Å². The average Bonchev–Trinajstić information content (AvgIpc) is 2.66. The molecule has 0 N–H and O–H groups in total. The fourth-order valence-corrected chi connectivity index (χ4v) is 2.71. The molecule has 94 valence electrons. The third-order valence-electron chi connectivity index (χ3n) is 3.57. The molecule has 2 heterocycles. The molecular formula is C14H18N4. The lowest BCUT2D eigenvalue weighted by Gasteiger charge is -2.08. The van der Waals surface area contributed by atoms with Gasteiger partial charge in [0.25, 0.3) is 5.95 Å². The van der Waals surface area contributed by atoms with E-state index in [-0.39, 0.29) is 0 Å². The van der Waals surface area contributed by atoms with Crippen LogP contribution in [0.3, 0.4) is 0 Å². The van der Waals surface area contributed by atoms with Gasteiger partial charge in [-0.2, -0.15) is 5.10 Å². The lowest BCUT2D eigenvalue weighted by atomic mass is 9.96. The summed E-state index contributed by atoms with van der Waals surface area (Å²) >= 11 is 0. The molecule has 0 atom stereocenters. The first-order chi connectivity index (χ1) is 8.65. The van der Waals surface area contributed by atoms with Gasteiger partial charge in [-0.25, -0.2) is 14.6 Å². The molecule has 0 radical (unpaired) electrons. The van der Waals surface area contributed by atoms with Gasteiger partial charge in [0.2, 0.25) is 0 Å². The van der Waals surface area contributed by atoms with Crippen molar-refractivity contribution in [2.45, 2.75) is 46.5 Å². The lowest BCUT2D eigenvalue weighted by Crippen LogP contribution is -2.07. The highest BCUT2D eigenvalue weighted by atomic mass is 15.4. The minimum Gasteiger partial charge on any atom is -0.216 e. The molecule has 2 aromatic heterocycles. The molecule has 0 fully saturated rings. The number of hydrogen-bond donors (Lipinski definition) is 0. The van der Waals surface area contributed by atoms with Crippen LogP contribution in [0.4, 0.5) is 0 Å². The third kappa shape index (κ3) is 1.82. The van der Waals surface area contributed by atoms with Gasteiger partial charge in [-0.1, -0.05) is 0 Å². The van der Waals surface area contributed by atoms with Gasteiger partial charge in [0.05, 0.1) is 5.69 Å². The molecule has 0 saturated heterocycles. The highest BCUT2D eigenvalue weighted by Gasteiger charge is 2.19. The summed E-state index contributed by atoms with van der Waals surface area (Å²) in [6.45, 7) is 6.12. The van der Waals surface area contributed by atoms with Gasteiger partial charge in [0.1, 0.15) is 0 Å². The summed E-state index contributed by atoms with van der Waals surface area (Å²) in [5.41, 5.74) is 5.83. The predicted octanol–water partition coefficient (Wildman–Crippen LogP) is 2.47. The molecule has 0 spiro atoms. The van der Waals surface area contributed by atoms with E-state index in [1.807, 2.05) is 24.6 Å². The van der Waals surface area contributed by atoms with Crippen molar-refractivity contribution in [2.75, 3.05) is 0 Å². The van der Waals surface area contributed by atoms with Gasteiger partial charge in [-0.3, -0.25) is 0 Å². The van der Waals surface area contributed by atoms with Crippen LogP contribution in [0.2, 0.25) is 0 Å². The molecule has 3 rings (SSSR count). The Bertz CT molecular complexity index is 578. The van der Waals surface area contributed by atoms with Crippen LogP contribution in [-0.2, 0) is 12.8 Å². The molecule has 0 bridgehead atoms. The van der Waals surface area contributed by atoms with Crippen molar-refractivity contribution in [3.8, 4) is 5.95 Å². The summed E-state index contributed by atoms with van der Waals surface area (Å²) in [6, 6.07) is 1.99. The largest absolute Gasteiger partial charge is 0.251 e. The van der Waals surface area contributed by atoms with Crippen LogP contribution in [0.1, 0.15) is 41.2 Å². The summed E-state index contributed by atoms with van der Waals surface area (Å²) in [5, 5.41) is 4.69. The first-order valence-electron chi connectivity index (χ1n) is 6.55. The second-order valence-electron chi connectivity index (χ2n) is 5.08. The maximum atomic E-state index is 4.69. The van der Waals surface area contributed by atoms with E-state index in [0.29, 0.717) is 5.95 Å². The monoisotopic (exact) mass is 242 g/mol. The fraction of sp³-hybridized carbons (Fsp3) is 0.500. The van der Waals surface area contributed by atoms with Crippen LogP contribution in [0.25, 0.3) is 5.95 Å². The van der Waals surface area contributed by atoms with Crippen molar-refractivity contribution in [3.05, 3.63) is 34.4 Å². The van der Waals surface area contributed by atoms with E-state index < -0.39 is 0 Å². The Labute approximate surface area is 107 Å². The second kappa shape index (κ2) is 4.19. The summed E-state index contributed by atoms with van der Waals surface area (Å²) < 4.78 is 1.91. The zero-order valence-corrected chi connectivity index (χ0v) is 11.2. The quantitative estimate of drug-likeness (QED) is 0.771. The Morgan fingerprint density at radius 2 is 1.67 bits per heavy atom. The number of hydrogen-bond acceptors (Lipinski definition) is 3. The van der Waals surface area contributed by atoms with Crippen molar-refractivity contribution in [1.82, 2.24) is 19.7 Å². The van der Waals surface area contributed by atoms with E-state index in [4.69, 9.17) is 5.10 Å². The standard InChI is InChI=1S/C14H18N4/c1-9-8-10(2)16-14(15-9)18-11(3)12-6-4-5-7-13(12)17-18/h8H,4-7H2,1-3H3. The first kappa shape index (κ1) is 11.4. The minimum absolute atomic E-state index is 0.708. The van der Waals surface area contributed by atoms with Crippen molar-refractivity contribution in [3.63, 3.8) is 0 Å².